The van der Waals surface area contributed by atoms with Gasteiger partial charge in [-0.15, -0.1) is 0 Å². The first-order chi connectivity index (χ1) is 16.5. The lowest BCUT2D eigenvalue weighted by Crippen LogP contribution is -2.65. The lowest BCUT2D eigenvalue weighted by Gasteiger charge is -2.50. The van der Waals surface area contributed by atoms with Gasteiger partial charge >= 0.3 is 0 Å². The topological polar surface area (TPSA) is 173 Å². The van der Waals surface area contributed by atoms with Crippen molar-refractivity contribution >= 4 is 23.2 Å². The number of Topliss-reactive ketones (excluding diaryl/α,β-unsaturated/α-hetero) is 2. The number of alkyl halides is 1. The van der Waals surface area contributed by atoms with Gasteiger partial charge in [0.15, 0.2) is 11.4 Å². The molecule has 0 saturated heterocycles. The Bertz CT molecular complexity index is 1190. The third-order valence-electron chi connectivity index (χ3n) is 7.26. The highest BCUT2D eigenvalue weighted by Crippen LogP contribution is 2.52. The summed E-state index contributed by atoms with van der Waals surface area (Å²) >= 11 is 0. The van der Waals surface area contributed by atoms with Gasteiger partial charge in [0.1, 0.15) is 29.5 Å². The van der Waals surface area contributed by atoms with E-state index in [0.29, 0.717) is 11.1 Å². The van der Waals surface area contributed by atoms with Crippen LogP contribution in [0.5, 0.6) is 5.75 Å². The van der Waals surface area contributed by atoms with Gasteiger partial charge in [0.05, 0.1) is 11.6 Å². The largest absolute Gasteiger partial charge is 0.508 e. The number of benzene rings is 1. The number of nitrogens with two attached hydrogens (primary N) is 1. The van der Waals surface area contributed by atoms with Gasteiger partial charge in [-0.3, -0.25) is 19.3 Å². The van der Waals surface area contributed by atoms with Gasteiger partial charge in [0.25, 0.3) is 5.91 Å². The third kappa shape index (κ3) is 3.53. The fourth-order valence-corrected chi connectivity index (χ4v) is 5.69. The number of hydrogen-bond donors (Lipinski definition) is 6. The monoisotopic (exact) mass is 489 g/mol. The first-order valence-corrected chi connectivity index (χ1v) is 11.2. The summed E-state index contributed by atoms with van der Waals surface area (Å²) in [4.78, 5) is 40.2. The molecule has 10 nitrogen and oxygen atoms in total. The van der Waals surface area contributed by atoms with Crippen LogP contribution >= 0.6 is 0 Å². The van der Waals surface area contributed by atoms with Crippen molar-refractivity contribution in [3.8, 4) is 5.75 Å². The Labute approximate surface area is 200 Å². The normalized spacial score (nSPS) is 28.2. The number of amides is 1. The molecule has 7 N–H and O–H groups in total. The molecule has 1 aromatic carbocycles. The van der Waals surface area contributed by atoms with E-state index in [4.69, 9.17) is 5.73 Å². The molecule has 0 heterocycles. The molecule has 1 saturated carbocycles. The van der Waals surface area contributed by atoms with E-state index in [1.54, 1.807) is 26.2 Å². The van der Waals surface area contributed by atoms with Gasteiger partial charge in [-0.1, -0.05) is 12.1 Å². The Hall–Kier alpha value is -3.28. The van der Waals surface area contributed by atoms with Crippen molar-refractivity contribution in [1.29, 1.82) is 0 Å². The number of ketones is 2. The maximum Gasteiger partial charge on any atom is 0.255 e. The molecule has 0 spiro atoms. The van der Waals surface area contributed by atoms with Crippen molar-refractivity contribution in [2.24, 2.45) is 17.6 Å². The second-order valence-electron chi connectivity index (χ2n) is 9.43. The van der Waals surface area contributed by atoms with Crippen molar-refractivity contribution in [2.75, 3.05) is 27.3 Å². The molecule has 35 heavy (non-hydrogen) atoms. The zero-order chi connectivity index (χ0) is 25.8. The Balaban J connectivity index is 1.88. The van der Waals surface area contributed by atoms with E-state index in [1.165, 1.54) is 4.90 Å². The summed E-state index contributed by atoms with van der Waals surface area (Å²) in [6, 6.07) is 2.21. The molecule has 11 heteroatoms. The Morgan fingerprint density at radius 3 is 2.54 bits per heavy atom. The van der Waals surface area contributed by atoms with Gasteiger partial charge < -0.3 is 31.5 Å². The zero-order valence-corrected chi connectivity index (χ0v) is 19.3. The van der Waals surface area contributed by atoms with Gasteiger partial charge in [0, 0.05) is 30.1 Å². The molecular weight excluding hydrogens is 461 g/mol. The van der Waals surface area contributed by atoms with Crippen molar-refractivity contribution < 1.29 is 39.2 Å². The fraction of sp³-hybridized carbons (Fsp3) is 0.458. The minimum Gasteiger partial charge on any atom is -0.508 e. The van der Waals surface area contributed by atoms with E-state index in [1.807, 2.05) is 0 Å². The van der Waals surface area contributed by atoms with Gasteiger partial charge in [-0.25, -0.2) is 4.39 Å². The number of primary amides is 1. The quantitative estimate of drug-likeness (QED) is 0.238. The van der Waals surface area contributed by atoms with Crippen LogP contribution in [0.1, 0.15) is 23.1 Å². The molecule has 3 aliphatic rings. The average molecular weight is 490 g/mol. The molecular formula is C24H28FN3O7. The number of aromatic hydroxyl groups is 1. The molecule has 1 amide bonds. The maximum absolute atomic E-state index is 13.7. The Morgan fingerprint density at radius 2 is 1.94 bits per heavy atom. The van der Waals surface area contributed by atoms with Crippen LogP contribution in [0.15, 0.2) is 29.0 Å². The maximum atomic E-state index is 13.7. The van der Waals surface area contributed by atoms with Gasteiger partial charge in [-0.2, -0.15) is 0 Å². The van der Waals surface area contributed by atoms with Crippen LogP contribution in [0.4, 0.5) is 4.39 Å². The summed E-state index contributed by atoms with van der Waals surface area (Å²) in [5, 5.41) is 47.1. The molecule has 1 aromatic rings. The number of rotatable bonds is 6. The predicted molar refractivity (Wildman–Crippen MR) is 122 cm³/mol. The number of fused-ring (bicyclic) bond motifs is 3. The molecule has 188 valence electrons. The van der Waals surface area contributed by atoms with Crippen molar-refractivity contribution in [2.45, 2.75) is 31.0 Å². The van der Waals surface area contributed by atoms with E-state index in [9.17, 15) is 39.2 Å². The first-order valence-electron chi connectivity index (χ1n) is 11.2. The van der Waals surface area contributed by atoms with E-state index in [0.717, 1.165) is 0 Å². The van der Waals surface area contributed by atoms with Crippen LogP contribution in [0.2, 0.25) is 0 Å². The van der Waals surface area contributed by atoms with Crippen LogP contribution in [0.25, 0.3) is 5.76 Å². The van der Waals surface area contributed by atoms with Crippen LogP contribution in [0, 0.1) is 11.8 Å². The molecule has 0 unspecified atom stereocenters. The Kier molecular flexibility index (Phi) is 6.20. The number of phenolic OH excluding ortho intramolecular Hbond substituents is 1. The summed E-state index contributed by atoms with van der Waals surface area (Å²) in [7, 11) is 3.09. The fourth-order valence-electron chi connectivity index (χ4n) is 5.69. The number of aliphatic hydroxyl groups is 3. The third-order valence-corrected chi connectivity index (χ3v) is 7.26. The molecule has 4 atom stereocenters. The number of nitrogens with zero attached hydrogens (tertiary/aromatic N) is 1. The van der Waals surface area contributed by atoms with Crippen LogP contribution < -0.4 is 11.1 Å². The van der Waals surface area contributed by atoms with Crippen LogP contribution in [-0.4, -0.2) is 81.8 Å². The molecule has 0 bridgehead atoms. The lowest BCUT2D eigenvalue weighted by atomic mass is 9.57. The van der Waals surface area contributed by atoms with E-state index in [-0.39, 0.29) is 42.8 Å². The number of aliphatic hydroxyl groups excluding tert-OH is 2. The van der Waals surface area contributed by atoms with E-state index >= 15 is 0 Å². The second kappa shape index (κ2) is 8.74. The predicted octanol–water partition coefficient (Wildman–Crippen LogP) is 0.0231. The number of likely N-dealkylation sites (N-methyl/N-ethyl adjacent to an activating group) is 1. The average Bonchev–Trinajstić information content (AvgIpc) is 2.77. The number of phenols is 1. The molecule has 4 rings (SSSR count). The van der Waals surface area contributed by atoms with Gasteiger partial charge in [-0.05, 0) is 38.4 Å². The summed E-state index contributed by atoms with van der Waals surface area (Å²) in [6.45, 7) is -0.414. The zero-order valence-electron chi connectivity index (χ0n) is 19.3. The minimum atomic E-state index is -2.67. The number of nitrogens with one attached hydrogen (secondary N) is 1. The van der Waals surface area contributed by atoms with E-state index in [2.05, 4.69) is 5.32 Å². The first kappa shape index (κ1) is 24.8. The number of halogens is 1. The SMILES string of the molecule is CN(C)[C@@H]1C(=O)C(C(N)=O)=C(O)[C@@]2(O)C(=O)C3=C(O)c4c(ccc(CNCCF)c4O)C[C@H]3C[C@@H]12. The number of carbonyl (C=O) groups excluding carboxylic acids is 3. The minimum absolute atomic E-state index is 0.0147. The number of hydrogen-bond acceptors (Lipinski definition) is 9. The highest BCUT2D eigenvalue weighted by atomic mass is 19.1. The summed E-state index contributed by atoms with van der Waals surface area (Å²) in [5.41, 5.74) is 2.52. The van der Waals surface area contributed by atoms with Crippen molar-refractivity contribution in [3.05, 3.63) is 45.7 Å². The standard InChI is InChI=1S/C24H28FN3O7/c1-28(2)17-13-8-12-7-10-3-4-11(9-27-6-5-25)18(29)14(10)19(30)15(12)21(32)24(13,35)22(33)16(20(17)31)23(26)34/h3-4,12-13,17,27,29-30,33,35H,5-9H2,1-2H3,(H2,26,34)/t12-,13-,17-,24-/m0/s1. The highest BCUT2D eigenvalue weighted by Gasteiger charge is 2.64. The lowest BCUT2D eigenvalue weighted by molar-refractivity contribution is -0.153. The molecule has 3 aliphatic carbocycles. The summed E-state index contributed by atoms with van der Waals surface area (Å²) in [5.74, 6) is -6.82. The molecule has 1 fully saturated rings. The van der Waals surface area contributed by atoms with Crippen LogP contribution in [-0.2, 0) is 27.3 Å². The summed E-state index contributed by atoms with van der Waals surface area (Å²) < 4.78 is 12.4. The van der Waals surface area contributed by atoms with Crippen molar-refractivity contribution in [3.63, 3.8) is 0 Å². The van der Waals surface area contributed by atoms with Crippen LogP contribution in [0.3, 0.4) is 0 Å². The Morgan fingerprint density at radius 1 is 1.26 bits per heavy atom. The summed E-state index contributed by atoms with van der Waals surface area (Å²) in [6.07, 6.45) is 0.257. The molecule has 0 aliphatic heterocycles. The van der Waals surface area contributed by atoms with E-state index < -0.39 is 64.7 Å². The van der Waals surface area contributed by atoms with Crippen molar-refractivity contribution in [1.82, 2.24) is 10.2 Å². The number of carbonyl (C=O) groups is 3. The van der Waals surface area contributed by atoms with Gasteiger partial charge in [0.2, 0.25) is 5.78 Å². The molecule has 0 radical (unpaired) electrons. The second-order valence-corrected chi connectivity index (χ2v) is 9.43. The smallest absolute Gasteiger partial charge is 0.255 e. The highest BCUT2D eigenvalue weighted by molar-refractivity contribution is 6.24. The molecule has 0 aromatic heterocycles.